The Morgan fingerprint density at radius 2 is 1.71 bits per heavy atom. The zero-order valence-electron chi connectivity index (χ0n) is 15.3. The lowest BCUT2D eigenvalue weighted by Crippen LogP contribution is -2.01. The predicted octanol–water partition coefficient (Wildman–Crippen LogP) is 3.99. The van der Waals surface area contributed by atoms with Gasteiger partial charge in [0.05, 0.1) is 25.4 Å². The number of pyridine rings is 1. The van der Waals surface area contributed by atoms with Gasteiger partial charge in [0.2, 0.25) is 0 Å². The molecule has 144 valence electrons. The number of hydrogen-bond donors (Lipinski definition) is 1. The molecule has 1 fully saturated rings. The summed E-state index contributed by atoms with van der Waals surface area (Å²) < 4.78 is 22.9. The van der Waals surface area contributed by atoms with Gasteiger partial charge in [0.25, 0.3) is 0 Å². The molecule has 2 heterocycles. The number of aromatic nitrogens is 1. The summed E-state index contributed by atoms with van der Waals surface area (Å²) in [5, 5.41) is 9.21. The maximum Gasteiger partial charge on any atom is 0.189 e. The molecule has 0 radical (unpaired) electrons. The first kappa shape index (κ1) is 18.4. The number of aliphatic hydroxyl groups is 1. The van der Waals surface area contributed by atoms with Gasteiger partial charge in [0.1, 0.15) is 23.9 Å². The second kappa shape index (κ2) is 8.84. The minimum atomic E-state index is -0.444. The number of nitrogens with zero attached hydrogens (tertiary/aromatic N) is 1. The summed E-state index contributed by atoms with van der Waals surface area (Å²) in [6.45, 7) is 1.57. The predicted molar refractivity (Wildman–Crippen MR) is 102 cm³/mol. The van der Waals surface area contributed by atoms with E-state index >= 15 is 0 Å². The Morgan fingerprint density at radius 3 is 2.50 bits per heavy atom. The van der Waals surface area contributed by atoms with E-state index in [1.807, 2.05) is 48.5 Å². The topological polar surface area (TPSA) is 70.0 Å². The fraction of sp³-hybridized carbons (Fsp3) is 0.227. The molecule has 28 heavy (non-hydrogen) atoms. The van der Waals surface area contributed by atoms with E-state index in [0.29, 0.717) is 31.3 Å². The first-order valence-corrected chi connectivity index (χ1v) is 9.08. The third kappa shape index (κ3) is 4.48. The molecule has 0 saturated carbocycles. The van der Waals surface area contributed by atoms with Gasteiger partial charge in [-0.3, -0.25) is 4.98 Å². The molecule has 0 atom stereocenters. The van der Waals surface area contributed by atoms with Gasteiger partial charge in [-0.1, -0.05) is 24.3 Å². The van der Waals surface area contributed by atoms with Crippen molar-refractivity contribution in [3.63, 3.8) is 0 Å². The van der Waals surface area contributed by atoms with Crippen molar-refractivity contribution in [3.05, 3.63) is 83.7 Å². The van der Waals surface area contributed by atoms with Gasteiger partial charge >= 0.3 is 0 Å². The maximum absolute atomic E-state index is 9.21. The van der Waals surface area contributed by atoms with Crippen LogP contribution in [0.15, 0.2) is 67.0 Å². The number of aliphatic hydroxyl groups excluding tert-OH is 1. The first-order valence-electron chi connectivity index (χ1n) is 9.08. The third-order valence-corrected chi connectivity index (χ3v) is 4.32. The summed E-state index contributed by atoms with van der Waals surface area (Å²) in [6.07, 6.45) is 2.93. The van der Waals surface area contributed by atoms with Gasteiger partial charge in [-0.05, 0) is 41.5 Å². The Labute approximate surface area is 163 Å². The number of rotatable bonds is 7. The highest BCUT2D eigenvalue weighted by Crippen LogP contribution is 2.33. The van der Waals surface area contributed by atoms with Crippen LogP contribution in [0, 0.1) is 0 Å². The van der Waals surface area contributed by atoms with Gasteiger partial charge < -0.3 is 24.1 Å². The molecule has 6 nitrogen and oxygen atoms in total. The van der Waals surface area contributed by atoms with Crippen molar-refractivity contribution in [3.8, 4) is 17.2 Å². The molecule has 4 rings (SSSR count). The molecule has 6 heteroatoms. The smallest absolute Gasteiger partial charge is 0.189 e. The van der Waals surface area contributed by atoms with Crippen LogP contribution in [0.4, 0.5) is 0 Å². The SMILES string of the molecule is OCc1cccc(COc2ccc(Oc3ccncc3C3OCCO3)cc2)c1. The van der Waals surface area contributed by atoms with Gasteiger partial charge in [0, 0.05) is 12.4 Å². The lowest BCUT2D eigenvalue weighted by molar-refractivity contribution is -0.0454. The minimum absolute atomic E-state index is 0.0216. The normalized spacial score (nSPS) is 14.2. The van der Waals surface area contributed by atoms with E-state index in [2.05, 4.69) is 4.98 Å². The van der Waals surface area contributed by atoms with E-state index in [0.717, 1.165) is 22.4 Å². The summed E-state index contributed by atoms with van der Waals surface area (Å²) in [4.78, 5) is 4.14. The fourth-order valence-electron chi connectivity index (χ4n) is 2.92. The van der Waals surface area contributed by atoms with Crippen molar-refractivity contribution in [1.82, 2.24) is 4.98 Å². The summed E-state index contributed by atoms with van der Waals surface area (Å²) >= 11 is 0. The van der Waals surface area contributed by atoms with E-state index < -0.39 is 6.29 Å². The molecule has 2 aromatic carbocycles. The van der Waals surface area contributed by atoms with E-state index in [-0.39, 0.29) is 6.61 Å². The van der Waals surface area contributed by atoms with Crippen molar-refractivity contribution < 1.29 is 24.1 Å². The lowest BCUT2D eigenvalue weighted by atomic mass is 10.1. The Balaban J connectivity index is 1.40. The quantitative estimate of drug-likeness (QED) is 0.669. The Hall–Kier alpha value is -2.93. The second-order valence-corrected chi connectivity index (χ2v) is 6.33. The van der Waals surface area contributed by atoms with Crippen molar-refractivity contribution in [2.24, 2.45) is 0 Å². The molecular formula is C22H21NO5. The van der Waals surface area contributed by atoms with E-state index in [1.165, 1.54) is 0 Å². The summed E-state index contributed by atoms with van der Waals surface area (Å²) in [5.41, 5.74) is 2.64. The minimum Gasteiger partial charge on any atom is -0.489 e. The van der Waals surface area contributed by atoms with E-state index in [1.54, 1.807) is 18.5 Å². The highest BCUT2D eigenvalue weighted by atomic mass is 16.7. The van der Waals surface area contributed by atoms with Gasteiger partial charge in [-0.25, -0.2) is 0 Å². The largest absolute Gasteiger partial charge is 0.489 e. The number of benzene rings is 2. The first-order chi connectivity index (χ1) is 13.8. The molecule has 0 amide bonds. The summed E-state index contributed by atoms with van der Waals surface area (Å²) in [7, 11) is 0. The number of hydrogen-bond acceptors (Lipinski definition) is 6. The van der Waals surface area contributed by atoms with Crippen LogP contribution in [0.5, 0.6) is 17.2 Å². The third-order valence-electron chi connectivity index (χ3n) is 4.32. The van der Waals surface area contributed by atoms with E-state index in [4.69, 9.17) is 18.9 Å². The van der Waals surface area contributed by atoms with Crippen molar-refractivity contribution in [1.29, 1.82) is 0 Å². The fourth-order valence-corrected chi connectivity index (χ4v) is 2.92. The Morgan fingerprint density at radius 1 is 0.964 bits per heavy atom. The molecule has 1 saturated heterocycles. The van der Waals surface area contributed by atoms with Crippen LogP contribution in [-0.2, 0) is 22.7 Å². The van der Waals surface area contributed by atoms with Crippen LogP contribution in [0.2, 0.25) is 0 Å². The highest BCUT2D eigenvalue weighted by molar-refractivity contribution is 5.39. The molecule has 1 aliphatic heterocycles. The summed E-state index contributed by atoms with van der Waals surface area (Å²) in [5.74, 6) is 2.07. The van der Waals surface area contributed by atoms with E-state index in [9.17, 15) is 5.11 Å². The zero-order chi connectivity index (χ0) is 19.2. The zero-order valence-corrected chi connectivity index (χ0v) is 15.3. The van der Waals surface area contributed by atoms with Crippen LogP contribution in [0.3, 0.4) is 0 Å². The highest BCUT2D eigenvalue weighted by Gasteiger charge is 2.22. The molecule has 0 bridgehead atoms. The molecule has 0 aliphatic carbocycles. The van der Waals surface area contributed by atoms with Crippen molar-refractivity contribution >= 4 is 0 Å². The molecule has 1 aliphatic rings. The average Bonchev–Trinajstić information content (AvgIpc) is 3.28. The summed E-state index contributed by atoms with van der Waals surface area (Å²) in [6, 6.07) is 16.9. The Kier molecular flexibility index (Phi) is 5.82. The van der Waals surface area contributed by atoms with Crippen LogP contribution in [-0.4, -0.2) is 23.3 Å². The molecule has 1 aromatic heterocycles. The van der Waals surface area contributed by atoms with Gasteiger partial charge in [-0.15, -0.1) is 0 Å². The lowest BCUT2D eigenvalue weighted by Gasteiger charge is -2.15. The monoisotopic (exact) mass is 379 g/mol. The van der Waals surface area contributed by atoms with Crippen LogP contribution in [0.1, 0.15) is 23.0 Å². The molecule has 0 spiro atoms. The standard InChI is InChI=1S/C22H21NO5/c24-14-16-2-1-3-17(12-16)15-27-18-4-6-19(7-5-18)28-21-8-9-23-13-20(21)22-25-10-11-26-22/h1-9,12-13,22,24H,10-11,14-15H2. The molecule has 0 unspecified atom stereocenters. The van der Waals surface area contributed by atoms with Crippen LogP contribution in [0.25, 0.3) is 0 Å². The second-order valence-electron chi connectivity index (χ2n) is 6.33. The maximum atomic E-state index is 9.21. The van der Waals surface area contributed by atoms with Gasteiger partial charge in [0.15, 0.2) is 6.29 Å². The van der Waals surface area contributed by atoms with Crippen LogP contribution >= 0.6 is 0 Å². The molecule has 3 aromatic rings. The van der Waals surface area contributed by atoms with Gasteiger partial charge in [-0.2, -0.15) is 0 Å². The molecule has 1 N–H and O–H groups in total. The average molecular weight is 379 g/mol. The van der Waals surface area contributed by atoms with Crippen molar-refractivity contribution in [2.75, 3.05) is 13.2 Å². The number of ether oxygens (including phenoxy) is 4. The van der Waals surface area contributed by atoms with Crippen molar-refractivity contribution in [2.45, 2.75) is 19.5 Å². The molecular weight excluding hydrogens is 358 g/mol. The van der Waals surface area contributed by atoms with Crippen LogP contribution < -0.4 is 9.47 Å². The Bertz CT molecular complexity index is 907.